The molecule has 136 valence electrons. The number of likely N-dealkylation sites (tertiary alicyclic amines) is 1. The maximum absolute atomic E-state index is 12.3. The number of carbonyl (C=O) groups excluding carboxylic acids is 1. The van der Waals surface area contributed by atoms with Gasteiger partial charge in [-0.3, -0.25) is 9.69 Å². The number of nitrogens with one attached hydrogen (secondary N) is 1. The molecule has 0 saturated carbocycles. The zero-order chi connectivity index (χ0) is 18.2. The summed E-state index contributed by atoms with van der Waals surface area (Å²) in [5, 5.41) is 13.1. The highest BCUT2D eigenvalue weighted by atomic mass is 16.5. The zero-order valence-corrected chi connectivity index (χ0v) is 15.1. The van der Waals surface area contributed by atoms with Gasteiger partial charge >= 0.3 is 0 Å². The Bertz CT molecular complexity index is 584. The van der Waals surface area contributed by atoms with Crippen LogP contribution in [0.2, 0.25) is 0 Å². The van der Waals surface area contributed by atoms with E-state index in [1.165, 1.54) is 0 Å². The molecular weight excluding hydrogens is 316 g/mol. The van der Waals surface area contributed by atoms with Crippen LogP contribution >= 0.6 is 0 Å². The van der Waals surface area contributed by atoms with Crippen LogP contribution in [0.4, 0.5) is 0 Å². The molecule has 0 radical (unpaired) electrons. The average Bonchev–Trinajstić information content (AvgIpc) is 2.60. The number of piperidine rings is 1. The summed E-state index contributed by atoms with van der Waals surface area (Å²) in [5.74, 6) is 3.43. The number of hydrogen-bond acceptors (Lipinski definition) is 4. The van der Waals surface area contributed by atoms with E-state index in [4.69, 9.17) is 11.2 Å². The van der Waals surface area contributed by atoms with E-state index in [9.17, 15) is 9.90 Å². The number of amides is 1. The second-order valence-electron chi connectivity index (χ2n) is 6.75. The minimum Gasteiger partial charge on any atom is -0.491 e. The van der Waals surface area contributed by atoms with E-state index >= 15 is 0 Å². The van der Waals surface area contributed by atoms with Gasteiger partial charge in [0.1, 0.15) is 5.75 Å². The van der Waals surface area contributed by atoms with Crippen molar-refractivity contribution in [2.75, 3.05) is 26.2 Å². The average molecular weight is 344 g/mol. The summed E-state index contributed by atoms with van der Waals surface area (Å²) < 4.78 is 5.58. The topological polar surface area (TPSA) is 61.8 Å². The highest BCUT2D eigenvalue weighted by Crippen LogP contribution is 2.20. The number of aliphatic hydroxyl groups is 1. The Morgan fingerprint density at radius 1 is 1.36 bits per heavy atom. The highest BCUT2D eigenvalue weighted by molar-refractivity contribution is 5.78. The van der Waals surface area contributed by atoms with Crippen molar-refractivity contribution in [1.29, 1.82) is 0 Å². The summed E-state index contributed by atoms with van der Waals surface area (Å²) in [4.78, 5) is 14.5. The first-order valence-electron chi connectivity index (χ1n) is 8.87. The van der Waals surface area contributed by atoms with Crippen molar-refractivity contribution in [3.63, 3.8) is 0 Å². The second-order valence-corrected chi connectivity index (χ2v) is 6.75. The highest BCUT2D eigenvalue weighted by Gasteiger charge is 2.24. The van der Waals surface area contributed by atoms with Crippen LogP contribution < -0.4 is 10.1 Å². The molecule has 1 unspecified atom stereocenters. The molecule has 0 aliphatic carbocycles. The predicted octanol–water partition coefficient (Wildman–Crippen LogP) is 1.97. The number of aliphatic hydroxyl groups excluding tert-OH is 1. The third-order valence-corrected chi connectivity index (χ3v) is 4.38. The molecule has 1 aliphatic heterocycles. The minimum atomic E-state index is -0.724. The number of rotatable bonds is 7. The van der Waals surface area contributed by atoms with Crippen LogP contribution in [0.1, 0.15) is 38.4 Å². The molecule has 0 spiro atoms. The van der Waals surface area contributed by atoms with Gasteiger partial charge in [0.05, 0.1) is 18.8 Å². The van der Waals surface area contributed by atoms with E-state index in [2.05, 4.69) is 16.1 Å². The van der Waals surface area contributed by atoms with Crippen molar-refractivity contribution < 1.29 is 14.6 Å². The zero-order valence-electron chi connectivity index (χ0n) is 15.1. The van der Waals surface area contributed by atoms with Crippen LogP contribution in [0.5, 0.6) is 5.75 Å². The van der Waals surface area contributed by atoms with Crippen molar-refractivity contribution in [1.82, 2.24) is 10.2 Å². The summed E-state index contributed by atoms with van der Waals surface area (Å²) in [6.45, 7) is 6.49. The van der Waals surface area contributed by atoms with Gasteiger partial charge in [0.2, 0.25) is 5.91 Å². The normalized spacial score (nSPS) is 17.1. The third-order valence-electron chi connectivity index (χ3n) is 4.38. The van der Waals surface area contributed by atoms with Gasteiger partial charge < -0.3 is 15.2 Å². The predicted molar refractivity (Wildman–Crippen MR) is 98.2 cm³/mol. The van der Waals surface area contributed by atoms with Gasteiger partial charge in [-0.05, 0) is 57.5 Å². The quantitative estimate of drug-likeness (QED) is 0.743. The summed E-state index contributed by atoms with van der Waals surface area (Å²) >= 11 is 0. The van der Waals surface area contributed by atoms with Crippen molar-refractivity contribution in [2.24, 2.45) is 5.92 Å². The largest absolute Gasteiger partial charge is 0.491 e. The van der Waals surface area contributed by atoms with E-state index in [-0.39, 0.29) is 24.5 Å². The number of nitrogens with zero attached hydrogens (tertiary/aromatic N) is 1. The molecule has 5 nitrogen and oxygen atoms in total. The monoisotopic (exact) mass is 344 g/mol. The van der Waals surface area contributed by atoms with Gasteiger partial charge in [-0.1, -0.05) is 18.1 Å². The third kappa shape index (κ3) is 6.08. The smallest absolute Gasteiger partial charge is 0.223 e. The fraction of sp³-hybridized carbons (Fsp3) is 0.550. The Kier molecular flexibility index (Phi) is 7.30. The first-order valence-corrected chi connectivity index (χ1v) is 8.87. The van der Waals surface area contributed by atoms with Gasteiger partial charge in [-0.2, -0.15) is 0 Å². The summed E-state index contributed by atoms with van der Waals surface area (Å²) in [6, 6.07) is 7.32. The van der Waals surface area contributed by atoms with E-state index in [1.54, 1.807) is 0 Å². The van der Waals surface area contributed by atoms with E-state index < -0.39 is 6.10 Å². The van der Waals surface area contributed by atoms with Crippen molar-refractivity contribution >= 4 is 5.91 Å². The maximum Gasteiger partial charge on any atom is 0.223 e. The lowest BCUT2D eigenvalue weighted by Crippen LogP contribution is -2.41. The Morgan fingerprint density at radius 3 is 2.56 bits per heavy atom. The van der Waals surface area contributed by atoms with Gasteiger partial charge in [-0.25, -0.2) is 0 Å². The lowest BCUT2D eigenvalue weighted by atomic mass is 9.96. The number of carbonyl (C=O) groups is 1. The molecule has 1 fully saturated rings. The molecule has 1 atom stereocenters. The van der Waals surface area contributed by atoms with E-state index in [0.29, 0.717) is 6.54 Å². The van der Waals surface area contributed by atoms with Crippen LogP contribution in [0.25, 0.3) is 0 Å². The number of hydrogen-bond donors (Lipinski definition) is 2. The summed E-state index contributed by atoms with van der Waals surface area (Å²) in [5.41, 5.74) is 0.764. The number of benzene rings is 1. The fourth-order valence-corrected chi connectivity index (χ4v) is 2.98. The van der Waals surface area contributed by atoms with Crippen LogP contribution in [0.15, 0.2) is 24.3 Å². The molecule has 1 heterocycles. The molecule has 1 aliphatic rings. The van der Waals surface area contributed by atoms with Crippen molar-refractivity contribution in [3.8, 4) is 18.1 Å². The first-order chi connectivity index (χ1) is 12.0. The van der Waals surface area contributed by atoms with E-state index in [1.807, 2.05) is 38.1 Å². The lowest BCUT2D eigenvalue weighted by molar-refractivity contribution is -0.126. The molecule has 1 aromatic rings. The Hall–Kier alpha value is -2.03. The number of terminal acetylenes is 1. The van der Waals surface area contributed by atoms with Crippen LogP contribution in [0.3, 0.4) is 0 Å². The molecule has 2 N–H and O–H groups in total. The van der Waals surface area contributed by atoms with Crippen molar-refractivity contribution in [3.05, 3.63) is 29.8 Å². The van der Waals surface area contributed by atoms with Gasteiger partial charge in [-0.15, -0.1) is 6.42 Å². The standard InChI is InChI=1S/C20H28N2O3/c1-4-11-22-12-9-17(10-13-22)20(24)21-14-19(23)16-5-7-18(8-6-16)25-15(2)3/h1,5-8,15,17,19,23H,9-14H2,2-3H3,(H,21,24). The Balaban J connectivity index is 1.77. The second kappa shape index (κ2) is 9.45. The molecule has 2 rings (SSSR count). The van der Waals surface area contributed by atoms with Crippen LogP contribution in [-0.2, 0) is 4.79 Å². The van der Waals surface area contributed by atoms with E-state index in [0.717, 1.165) is 37.2 Å². The van der Waals surface area contributed by atoms with Gasteiger partial charge in [0.15, 0.2) is 0 Å². The SMILES string of the molecule is C#CCN1CCC(C(=O)NCC(O)c2ccc(OC(C)C)cc2)CC1. The molecule has 0 aromatic heterocycles. The molecule has 1 saturated heterocycles. The molecule has 1 amide bonds. The molecule has 1 aromatic carbocycles. The van der Waals surface area contributed by atoms with Crippen molar-refractivity contribution in [2.45, 2.75) is 38.9 Å². The van der Waals surface area contributed by atoms with Crippen LogP contribution in [-0.4, -0.2) is 48.2 Å². The minimum absolute atomic E-state index is 0.00282. The molecule has 0 bridgehead atoms. The van der Waals surface area contributed by atoms with Crippen LogP contribution in [0, 0.1) is 18.3 Å². The summed E-state index contributed by atoms with van der Waals surface area (Å²) in [7, 11) is 0. The summed E-state index contributed by atoms with van der Waals surface area (Å²) in [6.07, 6.45) is 6.33. The molecular formula is C20H28N2O3. The van der Waals surface area contributed by atoms with Gasteiger partial charge in [0.25, 0.3) is 0 Å². The number of ether oxygens (including phenoxy) is 1. The molecule has 25 heavy (non-hydrogen) atoms. The Morgan fingerprint density at radius 2 is 2.00 bits per heavy atom. The lowest BCUT2D eigenvalue weighted by Gasteiger charge is -2.30. The van der Waals surface area contributed by atoms with Gasteiger partial charge in [0, 0.05) is 12.5 Å². The maximum atomic E-state index is 12.3. The Labute approximate surface area is 150 Å². The molecule has 5 heteroatoms. The first kappa shape index (κ1) is 19.3. The fourth-order valence-electron chi connectivity index (χ4n) is 2.98.